The Labute approximate surface area is 82.4 Å². The molecule has 2 N–H and O–H groups in total. The predicted molar refractivity (Wildman–Crippen MR) is 48.8 cm³/mol. The summed E-state index contributed by atoms with van der Waals surface area (Å²) in [6, 6.07) is 0. The van der Waals surface area contributed by atoms with Gasteiger partial charge in [-0.3, -0.25) is 9.59 Å². The van der Waals surface area contributed by atoms with Gasteiger partial charge in [0.15, 0.2) is 0 Å². The minimum Gasteiger partial charge on any atom is -0.481 e. The van der Waals surface area contributed by atoms with E-state index in [1.807, 2.05) is 0 Å². The van der Waals surface area contributed by atoms with E-state index in [9.17, 15) is 9.59 Å². The zero-order valence-electron chi connectivity index (χ0n) is 8.16. The van der Waals surface area contributed by atoms with Crippen LogP contribution in [0.15, 0.2) is 0 Å². The number of nitrogens with one attached hydrogen (secondary N) is 1. The molecule has 0 radical (unpaired) electrons. The standard InChI is InChI=1S/C9H15NO4/c1-14-7(4-8(11)12)5-10-9(13)6-2-3-6/h6-7H,2-5H2,1H3,(H,10,13)(H,11,12). The lowest BCUT2D eigenvalue weighted by Crippen LogP contribution is -2.35. The number of carbonyl (C=O) groups excluding carboxylic acids is 1. The molecule has 5 heteroatoms. The Hall–Kier alpha value is -1.10. The number of carboxylic acids is 1. The third kappa shape index (κ3) is 3.74. The van der Waals surface area contributed by atoms with Crippen LogP contribution in [0.4, 0.5) is 0 Å². The average molecular weight is 201 g/mol. The summed E-state index contributed by atoms with van der Waals surface area (Å²) >= 11 is 0. The first-order chi connectivity index (χ1) is 6.63. The predicted octanol–water partition coefficient (Wildman–Crippen LogP) is 0.00230. The van der Waals surface area contributed by atoms with Gasteiger partial charge in [0.2, 0.25) is 5.91 Å². The summed E-state index contributed by atoms with van der Waals surface area (Å²) in [7, 11) is 1.44. The van der Waals surface area contributed by atoms with Crippen molar-refractivity contribution in [2.24, 2.45) is 5.92 Å². The van der Waals surface area contributed by atoms with Gasteiger partial charge in [-0.25, -0.2) is 0 Å². The second kappa shape index (κ2) is 4.95. The Balaban J connectivity index is 2.18. The molecule has 0 heterocycles. The van der Waals surface area contributed by atoms with Crippen LogP contribution in [0, 0.1) is 5.92 Å². The number of methoxy groups -OCH3 is 1. The van der Waals surface area contributed by atoms with Crippen LogP contribution in [0.2, 0.25) is 0 Å². The van der Waals surface area contributed by atoms with Gasteiger partial charge in [0.05, 0.1) is 12.5 Å². The Bertz CT molecular complexity index is 225. The van der Waals surface area contributed by atoms with E-state index in [4.69, 9.17) is 9.84 Å². The zero-order valence-corrected chi connectivity index (χ0v) is 8.16. The molecule has 1 aliphatic rings. The van der Waals surface area contributed by atoms with Crippen LogP contribution in [-0.4, -0.2) is 36.7 Å². The minimum atomic E-state index is -0.919. The molecule has 0 spiro atoms. The molecule has 0 bridgehead atoms. The minimum absolute atomic E-state index is 0.0115. The number of amides is 1. The summed E-state index contributed by atoms with van der Waals surface area (Å²) in [4.78, 5) is 21.6. The zero-order chi connectivity index (χ0) is 10.6. The number of ether oxygens (including phenoxy) is 1. The number of aliphatic carboxylic acids is 1. The highest BCUT2D eigenvalue weighted by Crippen LogP contribution is 2.28. The number of hydrogen-bond donors (Lipinski definition) is 2. The molecule has 0 aromatic carbocycles. The monoisotopic (exact) mass is 201 g/mol. The van der Waals surface area contributed by atoms with Gasteiger partial charge < -0.3 is 15.2 Å². The molecule has 0 aromatic heterocycles. The molecule has 1 amide bonds. The van der Waals surface area contributed by atoms with Gasteiger partial charge in [-0.05, 0) is 12.8 Å². The first-order valence-electron chi connectivity index (χ1n) is 4.65. The molecular formula is C9H15NO4. The highest BCUT2D eigenvalue weighted by molar-refractivity contribution is 5.80. The molecule has 1 unspecified atom stereocenters. The van der Waals surface area contributed by atoms with E-state index in [1.54, 1.807) is 0 Å². The fourth-order valence-corrected chi connectivity index (χ4v) is 1.14. The van der Waals surface area contributed by atoms with Crippen LogP contribution in [0.1, 0.15) is 19.3 Å². The molecular weight excluding hydrogens is 186 g/mol. The largest absolute Gasteiger partial charge is 0.481 e. The molecule has 5 nitrogen and oxygen atoms in total. The molecule has 1 atom stereocenters. The lowest BCUT2D eigenvalue weighted by Gasteiger charge is -2.13. The van der Waals surface area contributed by atoms with Crippen molar-refractivity contribution in [3.8, 4) is 0 Å². The van der Waals surface area contributed by atoms with Crippen molar-refractivity contribution in [2.75, 3.05) is 13.7 Å². The Kier molecular flexibility index (Phi) is 3.88. The van der Waals surface area contributed by atoms with E-state index in [2.05, 4.69) is 5.32 Å². The number of carboxylic acid groups (broad SMARTS) is 1. The van der Waals surface area contributed by atoms with Crippen LogP contribution in [0.5, 0.6) is 0 Å². The van der Waals surface area contributed by atoms with E-state index >= 15 is 0 Å². The molecule has 14 heavy (non-hydrogen) atoms. The van der Waals surface area contributed by atoms with Gasteiger partial charge in [-0.2, -0.15) is 0 Å². The molecule has 1 fully saturated rings. The van der Waals surface area contributed by atoms with Gasteiger partial charge >= 0.3 is 5.97 Å². The van der Waals surface area contributed by atoms with E-state index in [-0.39, 0.29) is 24.8 Å². The molecule has 0 saturated heterocycles. The smallest absolute Gasteiger partial charge is 0.306 e. The summed E-state index contributed by atoms with van der Waals surface area (Å²) in [5, 5.41) is 11.2. The lowest BCUT2D eigenvalue weighted by atomic mass is 10.2. The van der Waals surface area contributed by atoms with E-state index in [0.717, 1.165) is 12.8 Å². The van der Waals surface area contributed by atoms with Gasteiger partial charge in [-0.1, -0.05) is 0 Å². The van der Waals surface area contributed by atoms with Crippen LogP contribution in [0.25, 0.3) is 0 Å². The molecule has 1 saturated carbocycles. The first kappa shape index (κ1) is 11.0. The summed E-state index contributed by atoms with van der Waals surface area (Å²) in [5.41, 5.74) is 0. The number of rotatable bonds is 6. The maximum absolute atomic E-state index is 11.2. The summed E-state index contributed by atoms with van der Waals surface area (Å²) in [5.74, 6) is -0.757. The van der Waals surface area contributed by atoms with Crippen molar-refractivity contribution in [1.29, 1.82) is 0 Å². The summed E-state index contributed by atoms with van der Waals surface area (Å²) in [6.45, 7) is 0.276. The average Bonchev–Trinajstić information content (AvgIpc) is 2.93. The van der Waals surface area contributed by atoms with E-state index < -0.39 is 12.1 Å². The first-order valence-corrected chi connectivity index (χ1v) is 4.65. The van der Waals surface area contributed by atoms with Gasteiger partial charge in [0.25, 0.3) is 0 Å². The Morgan fingerprint density at radius 2 is 2.21 bits per heavy atom. The van der Waals surface area contributed by atoms with Crippen molar-refractivity contribution >= 4 is 11.9 Å². The van der Waals surface area contributed by atoms with Crippen LogP contribution in [0.3, 0.4) is 0 Å². The van der Waals surface area contributed by atoms with Crippen molar-refractivity contribution < 1.29 is 19.4 Å². The van der Waals surface area contributed by atoms with Crippen molar-refractivity contribution in [3.05, 3.63) is 0 Å². The van der Waals surface area contributed by atoms with E-state index in [0.29, 0.717) is 0 Å². The number of carbonyl (C=O) groups is 2. The summed E-state index contributed by atoms with van der Waals surface area (Å²) < 4.78 is 4.92. The van der Waals surface area contributed by atoms with E-state index in [1.165, 1.54) is 7.11 Å². The number of hydrogen-bond acceptors (Lipinski definition) is 3. The molecule has 0 aliphatic heterocycles. The highest BCUT2D eigenvalue weighted by atomic mass is 16.5. The second-order valence-electron chi connectivity index (χ2n) is 3.47. The fourth-order valence-electron chi connectivity index (χ4n) is 1.14. The third-order valence-corrected chi connectivity index (χ3v) is 2.19. The fraction of sp³-hybridized carbons (Fsp3) is 0.778. The van der Waals surface area contributed by atoms with Crippen molar-refractivity contribution in [2.45, 2.75) is 25.4 Å². The normalized spacial score (nSPS) is 17.5. The highest BCUT2D eigenvalue weighted by Gasteiger charge is 2.29. The molecule has 1 rings (SSSR count). The Morgan fingerprint density at radius 1 is 1.57 bits per heavy atom. The molecule has 1 aliphatic carbocycles. The van der Waals surface area contributed by atoms with Crippen molar-refractivity contribution in [3.63, 3.8) is 0 Å². The second-order valence-corrected chi connectivity index (χ2v) is 3.47. The third-order valence-electron chi connectivity index (χ3n) is 2.19. The van der Waals surface area contributed by atoms with Gasteiger partial charge in [-0.15, -0.1) is 0 Å². The Morgan fingerprint density at radius 3 is 2.64 bits per heavy atom. The van der Waals surface area contributed by atoms with Crippen LogP contribution < -0.4 is 5.32 Å². The van der Waals surface area contributed by atoms with Gasteiger partial charge in [0, 0.05) is 19.6 Å². The SMILES string of the molecule is COC(CNC(=O)C1CC1)CC(=O)O. The maximum atomic E-state index is 11.2. The van der Waals surface area contributed by atoms with Crippen LogP contribution in [-0.2, 0) is 14.3 Å². The molecule has 0 aromatic rings. The van der Waals surface area contributed by atoms with Crippen molar-refractivity contribution in [1.82, 2.24) is 5.32 Å². The maximum Gasteiger partial charge on any atom is 0.306 e. The molecule has 80 valence electrons. The topological polar surface area (TPSA) is 75.6 Å². The van der Waals surface area contributed by atoms with Crippen LogP contribution >= 0.6 is 0 Å². The summed E-state index contributed by atoms with van der Waals surface area (Å²) in [6.07, 6.45) is 1.38. The van der Waals surface area contributed by atoms with Gasteiger partial charge in [0.1, 0.15) is 0 Å². The lowest BCUT2D eigenvalue weighted by molar-refractivity contribution is -0.140. The quantitative estimate of drug-likeness (QED) is 0.634.